The van der Waals surface area contributed by atoms with Crippen molar-refractivity contribution in [3.05, 3.63) is 12.4 Å². The van der Waals surface area contributed by atoms with Crippen molar-refractivity contribution in [2.24, 2.45) is 5.92 Å². The van der Waals surface area contributed by atoms with Gasteiger partial charge in [0.2, 0.25) is 0 Å². The van der Waals surface area contributed by atoms with E-state index in [4.69, 9.17) is 9.84 Å². The molecule has 1 aromatic rings. The van der Waals surface area contributed by atoms with Crippen molar-refractivity contribution in [3.8, 4) is 0 Å². The lowest BCUT2D eigenvalue weighted by Gasteiger charge is -2.29. The molecule has 3 rings (SSSR count). The van der Waals surface area contributed by atoms with Crippen LogP contribution in [0.1, 0.15) is 25.7 Å². The van der Waals surface area contributed by atoms with Gasteiger partial charge in [-0.3, -0.25) is 0 Å². The van der Waals surface area contributed by atoms with E-state index in [1.807, 2.05) is 0 Å². The lowest BCUT2D eigenvalue weighted by Crippen LogP contribution is -2.37. The summed E-state index contributed by atoms with van der Waals surface area (Å²) in [5, 5.41) is 9.12. The van der Waals surface area contributed by atoms with Gasteiger partial charge < -0.3 is 19.6 Å². The van der Waals surface area contributed by atoms with Crippen molar-refractivity contribution in [1.29, 1.82) is 0 Å². The fourth-order valence-corrected chi connectivity index (χ4v) is 3.34. The first-order chi connectivity index (χ1) is 10.9. The van der Waals surface area contributed by atoms with Crippen LogP contribution in [0.4, 0.5) is 11.6 Å². The Kier molecular flexibility index (Phi) is 5.45. The second-order valence-corrected chi connectivity index (χ2v) is 6.13. The Hall–Kier alpha value is -1.40. The maximum Gasteiger partial charge on any atom is 0.134 e. The molecule has 22 heavy (non-hydrogen) atoms. The molecule has 0 amide bonds. The number of aliphatic hydroxyl groups excluding tert-OH is 1. The van der Waals surface area contributed by atoms with Crippen molar-refractivity contribution in [2.75, 3.05) is 55.8 Å². The van der Waals surface area contributed by atoms with Gasteiger partial charge in [0, 0.05) is 38.9 Å². The van der Waals surface area contributed by atoms with Crippen LogP contribution < -0.4 is 9.80 Å². The Morgan fingerprint density at radius 1 is 1.05 bits per heavy atom. The van der Waals surface area contributed by atoms with Crippen LogP contribution in [0.15, 0.2) is 12.4 Å². The monoisotopic (exact) mass is 306 g/mol. The summed E-state index contributed by atoms with van der Waals surface area (Å²) < 4.78 is 5.40. The molecule has 6 nitrogen and oxygen atoms in total. The quantitative estimate of drug-likeness (QED) is 0.905. The first-order valence-corrected chi connectivity index (χ1v) is 8.37. The first kappa shape index (κ1) is 15.5. The van der Waals surface area contributed by atoms with Gasteiger partial charge in [0.1, 0.15) is 18.0 Å². The van der Waals surface area contributed by atoms with Gasteiger partial charge in [0.15, 0.2) is 0 Å². The molecule has 122 valence electrons. The maximum absolute atomic E-state index is 9.12. The van der Waals surface area contributed by atoms with E-state index in [0.29, 0.717) is 12.5 Å². The molecule has 0 bridgehead atoms. The fraction of sp³-hybridized carbons (Fsp3) is 0.750. The Bertz CT molecular complexity index is 465. The Labute approximate surface area is 132 Å². The number of hydrogen-bond acceptors (Lipinski definition) is 6. The first-order valence-electron chi connectivity index (χ1n) is 8.37. The molecular weight excluding hydrogens is 280 g/mol. The molecule has 3 heterocycles. The van der Waals surface area contributed by atoms with Crippen LogP contribution in [0, 0.1) is 5.92 Å². The molecule has 2 aliphatic heterocycles. The topological polar surface area (TPSA) is 61.7 Å². The van der Waals surface area contributed by atoms with Gasteiger partial charge in [-0.05, 0) is 31.6 Å². The van der Waals surface area contributed by atoms with Crippen molar-refractivity contribution < 1.29 is 9.84 Å². The van der Waals surface area contributed by atoms with E-state index in [-0.39, 0.29) is 0 Å². The summed E-state index contributed by atoms with van der Waals surface area (Å²) in [7, 11) is 0. The van der Waals surface area contributed by atoms with Crippen LogP contribution in [-0.4, -0.2) is 61.1 Å². The zero-order valence-corrected chi connectivity index (χ0v) is 13.2. The average Bonchev–Trinajstić information content (AvgIpc) is 2.82. The second-order valence-electron chi connectivity index (χ2n) is 6.13. The van der Waals surface area contributed by atoms with Crippen molar-refractivity contribution in [3.63, 3.8) is 0 Å². The Morgan fingerprint density at radius 3 is 2.50 bits per heavy atom. The largest absolute Gasteiger partial charge is 0.396 e. The predicted octanol–water partition coefficient (Wildman–Crippen LogP) is 1.30. The molecule has 2 fully saturated rings. The number of anilines is 2. The Balaban J connectivity index is 1.66. The molecule has 2 saturated heterocycles. The van der Waals surface area contributed by atoms with Crippen LogP contribution in [0.5, 0.6) is 0 Å². The number of nitrogens with zero attached hydrogens (tertiary/aromatic N) is 4. The number of aromatic nitrogens is 2. The van der Waals surface area contributed by atoms with E-state index < -0.39 is 0 Å². The van der Waals surface area contributed by atoms with Crippen LogP contribution in [-0.2, 0) is 4.74 Å². The smallest absolute Gasteiger partial charge is 0.134 e. The van der Waals surface area contributed by atoms with Crippen LogP contribution in [0.3, 0.4) is 0 Å². The summed E-state index contributed by atoms with van der Waals surface area (Å²) in [4.78, 5) is 13.5. The third-order valence-corrected chi connectivity index (χ3v) is 4.68. The highest BCUT2D eigenvalue weighted by molar-refractivity contribution is 5.50. The van der Waals surface area contributed by atoms with E-state index in [9.17, 15) is 0 Å². The highest BCUT2D eigenvalue weighted by Crippen LogP contribution is 2.25. The number of aliphatic hydroxyl groups is 1. The highest BCUT2D eigenvalue weighted by atomic mass is 16.5. The number of rotatable bonds is 4. The van der Waals surface area contributed by atoms with E-state index >= 15 is 0 Å². The zero-order chi connectivity index (χ0) is 15.2. The molecule has 1 N–H and O–H groups in total. The number of morpholine rings is 1. The van der Waals surface area contributed by atoms with Crippen LogP contribution >= 0.6 is 0 Å². The highest BCUT2D eigenvalue weighted by Gasteiger charge is 2.19. The summed E-state index contributed by atoms with van der Waals surface area (Å²) in [6.07, 6.45) is 6.12. The molecule has 0 aromatic carbocycles. The minimum absolute atomic E-state index is 0.305. The van der Waals surface area contributed by atoms with Gasteiger partial charge in [-0.2, -0.15) is 0 Å². The third-order valence-electron chi connectivity index (χ3n) is 4.68. The molecule has 1 aromatic heterocycles. The van der Waals surface area contributed by atoms with E-state index in [2.05, 4.69) is 25.8 Å². The molecule has 0 aliphatic carbocycles. The maximum atomic E-state index is 9.12. The molecule has 0 radical (unpaired) electrons. The lowest BCUT2D eigenvalue weighted by atomic mass is 9.98. The normalized spacial score (nSPS) is 23.4. The second kappa shape index (κ2) is 7.74. The number of ether oxygens (including phenoxy) is 1. The summed E-state index contributed by atoms with van der Waals surface area (Å²) in [5.41, 5.74) is 0. The van der Waals surface area contributed by atoms with Gasteiger partial charge in [0.05, 0.1) is 13.2 Å². The molecule has 2 aliphatic rings. The minimum atomic E-state index is 0.305. The van der Waals surface area contributed by atoms with E-state index in [1.54, 1.807) is 6.33 Å². The van der Waals surface area contributed by atoms with Crippen molar-refractivity contribution >= 4 is 11.6 Å². The average molecular weight is 306 g/mol. The fourth-order valence-electron chi connectivity index (χ4n) is 3.34. The van der Waals surface area contributed by atoms with Gasteiger partial charge in [-0.25, -0.2) is 9.97 Å². The molecular formula is C16H26N4O2. The standard InChI is InChI=1S/C16H26N4O2/c21-9-4-14-2-1-5-19(6-3-14)15-12-16(18-13-17-15)20-7-10-22-11-8-20/h12-14,21H,1-11H2. The zero-order valence-electron chi connectivity index (χ0n) is 13.2. The third kappa shape index (κ3) is 3.87. The van der Waals surface area contributed by atoms with Crippen LogP contribution in [0.2, 0.25) is 0 Å². The summed E-state index contributed by atoms with van der Waals surface area (Å²) in [6, 6.07) is 2.11. The summed E-state index contributed by atoms with van der Waals surface area (Å²) in [5.74, 6) is 2.68. The van der Waals surface area contributed by atoms with Gasteiger partial charge >= 0.3 is 0 Å². The molecule has 0 saturated carbocycles. The molecule has 1 unspecified atom stereocenters. The lowest BCUT2D eigenvalue weighted by molar-refractivity contribution is 0.122. The van der Waals surface area contributed by atoms with E-state index in [0.717, 1.165) is 63.9 Å². The SMILES string of the molecule is OCCC1CCCN(c2cc(N3CCOCC3)ncn2)CC1. The predicted molar refractivity (Wildman–Crippen MR) is 86.3 cm³/mol. The molecule has 0 spiro atoms. The summed E-state index contributed by atoms with van der Waals surface area (Å²) >= 11 is 0. The van der Waals surface area contributed by atoms with Crippen molar-refractivity contribution in [1.82, 2.24) is 9.97 Å². The van der Waals surface area contributed by atoms with Crippen LogP contribution in [0.25, 0.3) is 0 Å². The number of hydrogen-bond donors (Lipinski definition) is 1. The Morgan fingerprint density at radius 2 is 1.77 bits per heavy atom. The van der Waals surface area contributed by atoms with Gasteiger partial charge in [-0.1, -0.05) is 0 Å². The van der Waals surface area contributed by atoms with E-state index in [1.165, 1.54) is 12.8 Å². The van der Waals surface area contributed by atoms with Gasteiger partial charge in [-0.15, -0.1) is 0 Å². The molecule has 6 heteroatoms. The van der Waals surface area contributed by atoms with Crippen molar-refractivity contribution in [2.45, 2.75) is 25.7 Å². The minimum Gasteiger partial charge on any atom is -0.396 e. The molecule has 1 atom stereocenters. The van der Waals surface area contributed by atoms with Gasteiger partial charge in [0.25, 0.3) is 0 Å². The summed E-state index contributed by atoms with van der Waals surface area (Å²) in [6.45, 7) is 5.70.